The number of nitrogens with one attached hydrogen (secondary N) is 1. The van der Waals surface area contributed by atoms with Crippen molar-refractivity contribution in [2.75, 3.05) is 5.32 Å². The zero-order valence-corrected chi connectivity index (χ0v) is 11.6. The summed E-state index contributed by atoms with van der Waals surface area (Å²) in [6.45, 7) is 0. The number of hydrogen-bond acceptors (Lipinski definition) is 4. The lowest BCUT2D eigenvalue weighted by Crippen LogP contribution is -2.49. The van der Waals surface area contributed by atoms with E-state index in [0.29, 0.717) is 6.07 Å². The molecule has 1 saturated carbocycles. The first-order valence-corrected chi connectivity index (χ1v) is 6.35. The van der Waals surface area contributed by atoms with E-state index in [0.717, 1.165) is 6.07 Å². The molecule has 0 radical (unpaired) electrons. The molecule has 1 aromatic carbocycles. The highest BCUT2D eigenvalue weighted by Crippen LogP contribution is 2.49. The van der Waals surface area contributed by atoms with Gasteiger partial charge in [0.05, 0.1) is 10.7 Å². The summed E-state index contributed by atoms with van der Waals surface area (Å²) in [5.74, 6) is 2.42. The summed E-state index contributed by atoms with van der Waals surface area (Å²) < 4.78 is 75.5. The van der Waals surface area contributed by atoms with E-state index in [1.54, 1.807) is 5.92 Å². The van der Waals surface area contributed by atoms with Crippen molar-refractivity contribution in [2.45, 2.75) is 30.1 Å². The molecule has 0 spiro atoms. The number of carbonyl (C=O) groups is 1. The number of amides is 1. The second-order valence-corrected chi connectivity index (χ2v) is 5.16. The molecule has 3 N–H and O–H groups in total. The number of fused-ring (bicyclic) bond motifs is 1. The van der Waals surface area contributed by atoms with Crippen LogP contribution >= 0.6 is 11.6 Å². The average molecular weight is 352 g/mol. The molecule has 9 heteroatoms. The van der Waals surface area contributed by atoms with Crippen molar-refractivity contribution in [1.29, 1.82) is 0 Å². The van der Waals surface area contributed by atoms with Gasteiger partial charge in [-0.15, -0.1) is 0 Å². The number of aromatic hydroxyl groups is 1. The van der Waals surface area contributed by atoms with Gasteiger partial charge in [0.25, 0.3) is 5.60 Å². The number of cyclic esters (lactones) is 1. The Morgan fingerprint density at radius 3 is 2.61 bits per heavy atom. The maximum Gasteiger partial charge on any atom is 0.445 e. The number of alkyl halides is 3. The van der Waals surface area contributed by atoms with Crippen molar-refractivity contribution in [3.05, 3.63) is 22.7 Å². The van der Waals surface area contributed by atoms with Crippen LogP contribution in [0.2, 0.25) is 5.02 Å². The van der Waals surface area contributed by atoms with E-state index in [1.807, 2.05) is 5.32 Å². The fourth-order valence-electron chi connectivity index (χ4n) is 1.96. The number of aliphatic hydroxyl groups is 1. The van der Waals surface area contributed by atoms with Crippen molar-refractivity contribution >= 4 is 23.4 Å². The van der Waals surface area contributed by atoms with Crippen LogP contribution in [0.3, 0.4) is 0 Å². The van der Waals surface area contributed by atoms with Gasteiger partial charge in [-0.25, -0.2) is 4.79 Å². The lowest BCUT2D eigenvalue weighted by Gasteiger charge is -2.36. The SMILES string of the molecule is [2H]C1([2H])C([2H])([2H])C1(O)C#CC1(C(F)(F)F)OC(=O)Nc2cc(O)c(Cl)cc21. The van der Waals surface area contributed by atoms with Crippen LogP contribution in [0.5, 0.6) is 5.75 Å². The molecule has 3 rings (SSSR count). The van der Waals surface area contributed by atoms with Crippen molar-refractivity contribution in [3.8, 4) is 17.6 Å². The van der Waals surface area contributed by atoms with Gasteiger partial charge >= 0.3 is 12.3 Å². The third-order valence-electron chi connectivity index (χ3n) is 3.13. The molecule has 0 aromatic heterocycles. The van der Waals surface area contributed by atoms with E-state index in [4.69, 9.17) is 17.1 Å². The molecule has 122 valence electrons. The van der Waals surface area contributed by atoms with Gasteiger partial charge < -0.3 is 14.9 Å². The fraction of sp³-hybridized carbons (Fsp3) is 0.357. The van der Waals surface area contributed by atoms with Crippen LogP contribution in [0, 0.1) is 11.8 Å². The molecule has 1 fully saturated rings. The minimum absolute atomic E-state index is 0.514. The molecule has 5 nitrogen and oxygen atoms in total. The Morgan fingerprint density at radius 1 is 1.39 bits per heavy atom. The Morgan fingerprint density at radius 2 is 2.04 bits per heavy atom. The molecule has 1 aliphatic heterocycles. The average Bonchev–Trinajstić information content (AvgIpc) is 2.82. The summed E-state index contributed by atoms with van der Waals surface area (Å²) in [4.78, 5) is 11.7. The third kappa shape index (κ3) is 2.56. The largest absolute Gasteiger partial charge is 0.506 e. The first-order valence-electron chi connectivity index (χ1n) is 7.97. The minimum atomic E-state index is -5.38. The fourth-order valence-corrected chi connectivity index (χ4v) is 2.12. The van der Waals surface area contributed by atoms with Crippen LogP contribution in [0.4, 0.5) is 23.7 Å². The Hall–Kier alpha value is -2.11. The highest BCUT2D eigenvalue weighted by molar-refractivity contribution is 6.32. The molecule has 1 aromatic rings. The summed E-state index contributed by atoms with van der Waals surface area (Å²) in [6.07, 6.45) is -12.8. The van der Waals surface area contributed by atoms with Gasteiger partial charge in [0.15, 0.2) is 0 Å². The van der Waals surface area contributed by atoms with Crippen LogP contribution in [0.1, 0.15) is 23.8 Å². The highest BCUT2D eigenvalue weighted by Gasteiger charge is 2.62. The van der Waals surface area contributed by atoms with E-state index in [9.17, 15) is 28.2 Å². The first-order chi connectivity index (χ1) is 12.1. The second-order valence-electron chi connectivity index (χ2n) is 4.75. The summed E-state index contributed by atoms with van der Waals surface area (Å²) in [5.41, 5.74) is -8.06. The number of halogens is 4. The van der Waals surface area contributed by atoms with Gasteiger partial charge in [-0.2, -0.15) is 13.2 Å². The molecular formula is C14H9ClF3NO4. The highest BCUT2D eigenvalue weighted by atomic mass is 35.5. The van der Waals surface area contributed by atoms with Gasteiger partial charge in [0, 0.05) is 17.1 Å². The second kappa shape index (κ2) is 4.69. The Balaban J connectivity index is 2.26. The van der Waals surface area contributed by atoms with Gasteiger partial charge in [0.2, 0.25) is 0 Å². The maximum absolute atomic E-state index is 13.9. The van der Waals surface area contributed by atoms with Gasteiger partial charge in [-0.3, -0.25) is 5.32 Å². The molecule has 1 atom stereocenters. The van der Waals surface area contributed by atoms with Crippen LogP contribution in [0.15, 0.2) is 12.1 Å². The van der Waals surface area contributed by atoms with Gasteiger partial charge in [-0.1, -0.05) is 17.5 Å². The van der Waals surface area contributed by atoms with E-state index >= 15 is 0 Å². The molecule has 2 aliphatic rings. The van der Waals surface area contributed by atoms with Crippen LogP contribution in [-0.2, 0) is 10.3 Å². The summed E-state index contributed by atoms with van der Waals surface area (Å²) in [6, 6.07) is 1.39. The zero-order valence-electron chi connectivity index (χ0n) is 14.9. The van der Waals surface area contributed by atoms with E-state index < -0.39 is 58.2 Å². The summed E-state index contributed by atoms with van der Waals surface area (Å²) in [5, 5.41) is 21.0. The number of phenolic OH excluding ortho intramolecular Hbond substituents is 1. The predicted molar refractivity (Wildman–Crippen MR) is 72.9 cm³/mol. The molecular weight excluding hydrogens is 339 g/mol. The molecule has 1 aliphatic carbocycles. The molecule has 1 unspecified atom stereocenters. The Labute approximate surface area is 138 Å². The van der Waals surface area contributed by atoms with Crippen molar-refractivity contribution in [2.24, 2.45) is 0 Å². The van der Waals surface area contributed by atoms with Crippen molar-refractivity contribution < 1.29 is 38.4 Å². The van der Waals surface area contributed by atoms with E-state index in [1.165, 1.54) is 5.92 Å². The number of carbonyl (C=O) groups excluding carboxylic acids is 1. The first kappa shape index (κ1) is 11.4. The Bertz CT molecular complexity index is 913. The number of ether oxygens (including phenoxy) is 1. The zero-order chi connectivity index (χ0) is 20.6. The lowest BCUT2D eigenvalue weighted by molar-refractivity contribution is -0.239. The minimum Gasteiger partial charge on any atom is -0.506 e. The molecule has 0 saturated heterocycles. The molecule has 1 heterocycles. The smallest absolute Gasteiger partial charge is 0.445 e. The monoisotopic (exact) mass is 351 g/mol. The molecule has 23 heavy (non-hydrogen) atoms. The van der Waals surface area contributed by atoms with Crippen LogP contribution in [-0.4, -0.2) is 28.1 Å². The number of rotatable bonds is 0. The molecule has 1 amide bonds. The van der Waals surface area contributed by atoms with Crippen LogP contribution in [0.25, 0.3) is 0 Å². The maximum atomic E-state index is 13.9. The predicted octanol–water partition coefficient (Wildman–Crippen LogP) is 2.89. The normalized spacial score (nSPS) is 31.6. The standard InChI is InChI=1S/C14H9ClF3NO4/c15-8-5-7-9(6-10(8)20)19-11(21)23-13(7,14(16,17)18)4-3-12(22)1-2-12/h5-6,20,22H,1-2H2,(H,19,21)/i1D2,2D2. The van der Waals surface area contributed by atoms with Gasteiger partial charge in [0.1, 0.15) is 11.4 Å². The number of phenols is 1. The van der Waals surface area contributed by atoms with Crippen molar-refractivity contribution in [1.82, 2.24) is 0 Å². The van der Waals surface area contributed by atoms with E-state index in [2.05, 4.69) is 4.74 Å². The van der Waals surface area contributed by atoms with Crippen molar-refractivity contribution in [3.63, 3.8) is 0 Å². The topological polar surface area (TPSA) is 78.8 Å². The number of anilines is 1. The summed E-state index contributed by atoms with van der Waals surface area (Å²) in [7, 11) is 0. The number of benzene rings is 1. The quantitative estimate of drug-likeness (QED) is 0.628. The molecule has 0 bridgehead atoms. The Kier molecular flexibility index (Phi) is 2.33. The third-order valence-corrected chi connectivity index (χ3v) is 3.43. The number of hydrogen-bond donors (Lipinski definition) is 3. The van der Waals surface area contributed by atoms with Crippen LogP contribution < -0.4 is 5.32 Å². The summed E-state index contributed by atoms with van der Waals surface area (Å²) >= 11 is 5.65. The van der Waals surface area contributed by atoms with E-state index in [-0.39, 0.29) is 0 Å². The lowest BCUT2D eigenvalue weighted by atomic mass is 9.90. The van der Waals surface area contributed by atoms with Gasteiger partial charge in [-0.05, 0) is 24.7 Å².